The molecule has 0 fully saturated rings. The van der Waals surface area contributed by atoms with Gasteiger partial charge in [0.05, 0.1) is 4.88 Å². The summed E-state index contributed by atoms with van der Waals surface area (Å²) in [7, 11) is 0. The molecule has 0 bridgehead atoms. The van der Waals surface area contributed by atoms with E-state index in [9.17, 15) is 4.79 Å². The van der Waals surface area contributed by atoms with E-state index in [0.717, 1.165) is 4.88 Å². The summed E-state index contributed by atoms with van der Waals surface area (Å²) in [5.41, 5.74) is 0. The van der Waals surface area contributed by atoms with Gasteiger partial charge in [0.15, 0.2) is 5.78 Å². The van der Waals surface area contributed by atoms with Gasteiger partial charge in [0.25, 0.3) is 0 Å². The fraction of sp³-hybridized carbons (Fsp3) is 0.444. The minimum atomic E-state index is 0.273. The Morgan fingerprint density at radius 2 is 2.23 bits per heavy atom. The Bertz CT molecular complexity index is 232. The molecule has 0 aliphatic rings. The van der Waals surface area contributed by atoms with E-state index in [1.54, 1.807) is 0 Å². The molecule has 0 saturated carbocycles. The van der Waals surface area contributed by atoms with Gasteiger partial charge in [-0.05, 0) is 17.4 Å². The zero-order chi connectivity index (χ0) is 10.3. The van der Waals surface area contributed by atoms with Crippen molar-refractivity contribution >= 4 is 29.9 Å². The van der Waals surface area contributed by atoms with Gasteiger partial charge in [0, 0.05) is 6.42 Å². The summed E-state index contributed by atoms with van der Waals surface area (Å²) in [6.45, 7) is 4.12. The first-order chi connectivity index (χ1) is 6.20. The molecular weight excluding hydrogens is 202 g/mol. The lowest BCUT2D eigenvalue weighted by atomic mass is 10.1. The molecule has 13 heavy (non-hydrogen) atoms. The zero-order valence-electron chi connectivity index (χ0n) is 7.86. The highest BCUT2D eigenvalue weighted by molar-refractivity contribution is 7.77. The number of thiol groups is 1. The molecule has 0 aliphatic heterocycles. The third-order valence-electron chi connectivity index (χ3n) is 1.39. The van der Waals surface area contributed by atoms with E-state index in [-0.39, 0.29) is 5.78 Å². The summed E-state index contributed by atoms with van der Waals surface area (Å²) in [5, 5.41) is 6.13. The highest BCUT2D eigenvalue weighted by atomic mass is 32.1. The highest BCUT2D eigenvalue weighted by Gasteiger charge is 2.07. The van der Waals surface area contributed by atoms with Crippen LogP contribution in [0, 0.1) is 5.92 Å². The monoisotopic (exact) mass is 217 g/mol. The van der Waals surface area contributed by atoms with E-state index in [0.29, 0.717) is 12.3 Å². The van der Waals surface area contributed by atoms with Crippen molar-refractivity contribution in [3.63, 3.8) is 0 Å². The number of Topliss-reactive ketones (excluding diaryl/α,β-unsaturated/α-hetero) is 1. The molecule has 1 heterocycles. The van der Waals surface area contributed by atoms with Crippen LogP contribution in [-0.2, 0) is 0 Å². The molecule has 0 radical (unpaired) electrons. The Morgan fingerprint density at radius 1 is 1.62 bits per heavy atom. The van der Waals surface area contributed by atoms with Gasteiger partial charge in [-0.2, -0.15) is 0 Å². The topological polar surface area (TPSA) is 43.1 Å². The van der Waals surface area contributed by atoms with Crippen molar-refractivity contribution in [2.24, 2.45) is 11.1 Å². The second-order valence-electron chi connectivity index (χ2n) is 3.00. The van der Waals surface area contributed by atoms with Crippen molar-refractivity contribution in [3.05, 3.63) is 22.4 Å². The Balaban J connectivity index is 0.000000671. The Labute approximate surface area is 88.7 Å². The average Bonchev–Trinajstić information content (AvgIpc) is 2.58. The van der Waals surface area contributed by atoms with Crippen LogP contribution >= 0.6 is 24.2 Å². The largest absolute Gasteiger partial charge is 0.293 e. The second kappa shape index (κ2) is 7.12. The van der Waals surface area contributed by atoms with Crippen LogP contribution in [0.4, 0.5) is 0 Å². The third-order valence-corrected chi connectivity index (χ3v) is 2.30. The number of carbonyl (C=O) groups excluding carboxylic acids is 1. The number of thiophene rings is 1. The predicted octanol–water partition coefficient (Wildman–Crippen LogP) is 2.77. The molecule has 0 aliphatic carbocycles. The molecule has 74 valence electrons. The third kappa shape index (κ3) is 5.08. The maximum atomic E-state index is 11.3. The van der Waals surface area contributed by atoms with Crippen LogP contribution in [0.3, 0.4) is 0 Å². The van der Waals surface area contributed by atoms with E-state index < -0.39 is 0 Å². The zero-order valence-corrected chi connectivity index (χ0v) is 9.57. The molecule has 2 nitrogen and oxygen atoms in total. The first-order valence-electron chi connectivity index (χ1n) is 4.02. The lowest BCUT2D eigenvalue weighted by Crippen LogP contribution is -2.00. The first kappa shape index (κ1) is 12.7. The van der Waals surface area contributed by atoms with Crippen LogP contribution in [0.15, 0.2) is 17.5 Å². The van der Waals surface area contributed by atoms with E-state index in [1.165, 1.54) is 11.3 Å². The number of carbonyl (C=O) groups is 1. The Hall–Kier alpha value is -0.320. The summed E-state index contributed by atoms with van der Waals surface area (Å²) in [5.74, 6) is 0.736. The SMILES string of the molecule is CC(C)CC(=O)c1cccs1.NS. The van der Waals surface area contributed by atoms with Crippen LogP contribution in [0.2, 0.25) is 0 Å². The van der Waals surface area contributed by atoms with Gasteiger partial charge in [-0.15, -0.1) is 24.2 Å². The minimum absolute atomic E-state index is 0.273. The van der Waals surface area contributed by atoms with Crippen LogP contribution in [0.1, 0.15) is 29.9 Å². The first-order valence-corrected chi connectivity index (χ1v) is 5.42. The van der Waals surface area contributed by atoms with Crippen molar-refractivity contribution < 1.29 is 4.79 Å². The average molecular weight is 217 g/mol. The fourth-order valence-electron chi connectivity index (χ4n) is 0.909. The second-order valence-corrected chi connectivity index (χ2v) is 3.95. The summed E-state index contributed by atoms with van der Waals surface area (Å²) in [6.07, 6.45) is 0.667. The van der Waals surface area contributed by atoms with Gasteiger partial charge in [0.2, 0.25) is 0 Å². The molecular formula is C9H15NOS2. The smallest absolute Gasteiger partial charge is 0.173 e. The normalized spacial score (nSPS) is 9.31. The van der Waals surface area contributed by atoms with Gasteiger partial charge in [-0.1, -0.05) is 19.9 Å². The number of nitrogens with two attached hydrogens (primary N) is 1. The van der Waals surface area contributed by atoms with Gasteiger partial charge in [-0.25, -0.2) is 0 Å². The summed E-state index contributed by atoms with van der Waals surface area (Å²) in [4.78, 5) is 12.2. The quantitative estimate of drug-likeness (QED) is 0.604. The molecule has 0 spiro atoms. The fourth-order valence-corrected chi connectivity index (χ4v) is 1.58. The summed E-state index contributed by atoms with van der Waals surface area (Å²) < 4.78 is 0. The number of hydrogen-bond acceptors (Lipinski definition) is 4. The molecule has 1 aromatic rings. The van der Waals surface area contributed by atoms with Crippen LogP contribution < -0.4 is 5.14 Å². The Kier molecular flexibility index (Phi) is 6.94. The van der Waals surface area contributed by atoms with E-state index in [1.807, 2.05) is 17.5 Å². The van der Waals surface area contributed by atoms with Crippen molar-refractivity contribution in [2.45, 2.75) is 20.3 Å². The van der Waals surface area contributed by atoms with Gasteiger partial charge in [0.1, 0.15) is 0 Å². The molecule has 1 rings (SSSR count). The molecule has 0 aromatic carbocycles. The van der Waals surface area contributed by atoms with Crippen molar-refractivity contribution in [1.29, 1.82) is 0 Å². The van der Waals surface area contributed by atoms with E-state index in [2.05, 4.69) is 31.8 Å². The van der Waals surface area contributed by atoms with Crippen LogP contribution in [0.5, 0.6) is 0 Å². The molecule has 1 aromatic heterocycles. The molecule has 0 amide bonds. The maximum Gasteiger partial charge on any atom is 0.173 e. The number of rotatable bonds is 3. The molecule has 2 N–H and O–H groups in total. The van der Waals surface area contributed by atoms with E-state index >= 15 is 0 Å². The van der Waals surface area contributed by atoms with Crippen molar-refractivity contribution in [2.75, 3.05) is 0 Å². The predicted molar refractivity (Wildman–Crippen MR) is 61.3 cm³/mol. The maximum absolute atomic E-state index is 11.3. The standard InChI is InChI=1S/C9H12OS.H3NS/c1-7(2)6-8(10)9-4-3-5-11-9;1-2/h3-5,7H,6H2,1-2H3;2H,1H2. The Morgan fingerprint density at radius 3 is 2.62 bits per heavy atom. The van der Waals surface area contributed by atoms with Crippen LogP contribution in [-0.4, -0.2) is 5.78 Å². The molecule has 0 unspecified atom stereocenters. The van der Waals surface area contributed by atoms with E-state index in [4.69, 9.17) is 0 Å². The van der Waals surface area contributed by atoms with Gasteiger partial charge < -0.3 is 0 Å². The lowest BCUT2D eigenvalue weighted by Gasteiger charge is -1.99. The molecule has 0 saturated heterocycles. The molecule has 4 heteroatoms. The summed E-state index contributed by atoms with van der Waals surface area (Å²) in [6, 6.07) is 3.80. The lowest BCUT2D eigenvalue weighted by molar-refractivity contribution is 0.0972. The van der Waals surface area contributed by atoms with Gasteiger partial charge >= 0.3 is 0 Å². The number of hydrogen-bond donors (Lipinski definition) is 2. The van der Waals surface area contributed by atoms with Gasteiger partial charge in [-0.3, -0.25) is 9.93 Å². The molecule has 0 atom stereocenters. The minimum Gasteiger partial charge on any atom is -0.293 e. The van der Waals surface area contributed by atoms with Crippen molar-refractivity contribution in [1.82, 2.24) is 0 Å². The van der Waals surface area contributed by atoms with Crippen LogP contribution in [0.25, 0.3) is 0 Å². The number of ketones is 1. The summed E-state index contributed by atoms with van der Waals surface area (Å²) >= 11 is 4.55. The van der Waals surface area contributed by atoms with Crippen molar-refractivity contribution in [3.8, 4) is 0 Å². The highest BCUT2D eigenvalue weighted by Crippen LogP contribution is 2.13.